The molecule has 0 aliphatic rings. The molecule has 26 heavy (non-hydrogen) atoms. The molecule has 0 aromatic heterocycles. The quantitative estimate of drug-likeness (QED) is 0.331. The summed E-state index contributed by atoms with van der Waals surface area (Å²) in [6, 6.07) is 15.8. The summed E-state index contributed by atoms with van der Waals surface area (Å²) in [6.45, 7) is 3.23. The average Bonchev–Trinajstić information content (AvgIpc) is 2.60. The lowest BCUT2D eigenvalue weighted by Crippen LogP contribution is -2.36. The monoisotopic (exact) mass is 468 g/mol. The first kappa shape index (κ1) is 21.8. The van der Waals surface area contributed by atoms with Gasteiger partial charge in [-0.1, -0.05) is 42.0 Å². The number of carbonyl (C=O) groups is 1. The zero-order valence-corrected chi connectivity index (χ0v) is 17.3. The number of amides is 1. The molecule has 140 valence electrons. The summed E-state index contributed by atoms with van der Waals surface area (Å²) < 4.78 is 5.31. The van der Waals surface area contributed by atoms with Crippen molar-refractivity contribution in [3.8, 4) is 5.75 Å². The minimum absolute atomic E-state index is 0. The van der Waals surface area contributed by atoms with E-state index in [1.165, 1.54) is 11.1 Å². The molecular formula is C19H25IN4O2. The number of guanidine groups is 1. The van der Waals surface area contributed by atoms with Crippen molar-refractivity contribution in [2.45, 2.75) is 20.0 Å². The number of benzene rings is 2. The lowest BCUT2D eigenvalue weighted by molar-refractivity contribution is -0.119. The maximum Gasteiger partial charge on any atom is 0.255 e. The number of rotatable bonds is 7. The zero-order chi connectivity index (χ0) is 18.1. The van der Waals surface area contributed by atoms with Gasteiger partial charge in [-0.2, -0.15) is 0 Å². The van der Waals surface area contributed by atoms with Crippen LogP contribution in [0.1, 0.15) is 16.7 Å². The van der Waals surface area contributed by atoms with Gasteiger partial charge >= 0.3 is 0 Å². The number of halogens is 1. The molecule has 0 saturated heterocycles. The summed E-state index contributed by atoms with van der Waals surface area (Å²) in [5.74, 6) is 0.829. The van der Waals surface area contributed by atoms with E-state index in [1.807, 2.05) is 24.3 Å². The number of nitrogens with zero attached hydrogens (tertiary/aromatic N) is 1. The molecule has 0 spiro atoms. The molecule has 6 nitrogen and oxygen atoms in total. The Labute approximate surface area is 171 Å². The standard InChI is InChI=1S/C19H24N4O2.HI/c1-14-5-3-6-15(9-14)11-22-19(21-2)23-12-16-7-4-8-17(10-16)25-13-18(20)24;/h3-10H,11-13H2,1-2H3,(H2,20,24)(H2,21,22,23);1H. The van der Waals surface area contributed by atoms with Gasteiger partial charge < -0.3 is 21.1 Å². The number of hydrogen-bond acceptors (Lipinski definition) is 3. The Morgan fingerprint density at radius 2 is 1.69 bits per heavy atom. The van der Waals surface area contributed by atoms with Crippen molar-refractivity contribution < 1.29 is 9.53 Å². The molecule has 0 saturated carbocycles. The number of hydrogen-bond donors (Lipinski definition) is 3. The second kappa shape index (κ2) is 11.3. The predicted molar refractivity (Wildman–Crippen MR) is 115 cm³/mol. The van der Waals surface area contributed by atoms with Gasteiger partial charge in [-0.3, -0.25) is 9.79 Å². The molecule has 0 fully saturated rings. The largest absolute Gasteiger partial charge is 0.484 e. The Hall–Kier alpha value is -2.29. The summed E-state index contributed by atoms with van der Waals surface area (Å²) in [6.07, 6.45) is 0. The van der Waals surface area contributed by atoms with Gasteiger partial charge in [0.15, 0.2) is 12.6 Å². The summed E-state index contributed by atoms with van der Waals surface area (Å²) in [5.41, 5.74) is 8.53. The Balaban J connectivity index is 0.00000338. The van der Waals surface area contributed by atoms with Gasteiger partial charge in [-0.25, -0.2) is 0 Å². The fraction of sp³-hybridized carbons (Fsp3) is 0.263. The van der Waals surface area contributed by atoms with Crippen molar-refractivity contribution in [2.24, 2.45) is 10.7 Å². The Kier molecular flexibility index (Phi) is 9.50. The first-order valence-electron chi connectivity index (χ1n) is 8.07. The van der Waals surface area contributed by atoms with Crippen LogP contribution in [0.5, 0.6) is 5.75 Å². The number of carbonyl (C=O) groups excluding carboxylic acids is 1. The molecule has 0 heterocycles. The van der Waals surface area contributed by atoms with Crippen molar-refractivity contribution in [1.82, 2.24) is 10.6 Å². The minimum Gasteiger partial charge on any atom is -0.484 e. The molecule has 7 heteroatoms. The molecule has 4 N–H and O–H groups in total. The fourth-order valence-corrected chi connectivity index (χ4v) is 2.31. The van der Waals surface area contributed by atoms with Crippen LogP contribution < -0.4 is 21.1 Å². The second-order valence-corrected chi connectivity index (χ2v) is 5.67. The lowest BCUT2D eigenvalue weighted by atomic mass is 10.1. The van der Waals surface area contributed by atoms with E-state index in [1.54, 1.807) is 13.1 Å². The Morgan fingerprint density at radius 3 is 2.27 bits per heavy atom. The van der Waals surface area contributed by atoms with E-state index in [0.29, 0.717) is 24.8 Å². The van der Waals surface area contributed by atoms with Crippen LogP contribution in [-0.2, 0) is 17.9 Å². The number of aryl methyl sites for hydroxylation is 1. The summed E-state index contributed by atoms with van der Waals surface area (Å²) in [7, 11) is 1.73. The van der Waals surface area contributed by atoms with Gasteiger partial charge in [0.1, 0.15) is 5.75 Å². The van der Waals surface area contributed by atoms with Gasteiger partial charge in [0, 0.05) is 20.1 Å². The summed E-state index contributed by atoms with van der Waals surface area (Å²) in [5, 5.41) is 6.54. The fourth-order valence-electron chi connectivity index (χ4n) is 2.31. The molecule has 0 radical (unpaired) electrons. The van der Waals surface area contributed by atoms with Crippen LogP contribution in [-0.4, -0.2) is 25.5 Å². The smallest absolute Gasteiger partial charge is 0.255 e. The van der Waals surface area contributed by atoms with Crippen molar-refractivity contribution in [3.63, 3.8) is 0 Å². The van der Waals surface area contributed by atoms with E-state index in [2.05, 4.69) is 40.7 Å². The van der Waals surface area contributed by atoms with E-state index < -0.39 is 5.91 Å². The van der Waals surface area contributed by atoms with E-state index in [-0.39, 0.29) is 30.6 Å². The molecular weight excluding hydrogens is 443 g/mol. The van der Waals surface area contributed by atoms with Gasteiger partial charge in [0.05, 0.1) is 0 Å². The third kappa shape index (κ3) is 7.73. The van der Waals surface area contributed by atoms with Crippen LogP contribution in [0.25, 0.3) is 0 Å². The SMILES string of the molecule is CN=C(NCc1cccc(C)c1)NCc1cccc(OCC(N)=O)c1.I. The van der Waals surface area contributed by atoms with Gasteiger partial charge in [-0.15, -0.1) is 24.0 Å². The highest BCUT2D eigenvalue weighted by Gasteiger charge is 2.02. The van der Waals surface area contributed by atoms with Crippen molar-refractivity contribution in [3.05, 3.63) is 65.2 Å². The normalized spacial score (nSPS) is 10.6. The van der Waals surface area contributed by atoms with Gasteiger partial charge in [0.2, 0.25) is 0 Å². The maximum atomic E-state index is 10.8. The Bertz CT molecular complexity index is 750. The predicted octanol–water partition coefficient (Wildman–Crippen LogP) is 2.34. The molecule has 0 atom stereocenters. The molecule has 0 aliphatic heterocycles. The topological polar surface area (TPSA) is 88.7 Å². The minimum atomic E-state index is -0.496. The first-order chi connectivity index (χ1) is 12.1. The lowest BCUT2D eigenvalue weighted by Gasteiger charge is -2.13. The molecule has 2 aromatic rings. The number of ether oxygens (including phenoxy) is 1. The molecule has 2 aromatic carbocycles. The molecule has 0 bridgehead atoms. The first-order valence-corrected chi connectivity index (χ1v) is 8.07. The van der Waals surface area contributed by atoms with E-state index in [0.717, 1.165) is 5.56 Å². The van der Waals surface area contributed by atoms with E-state index >= 15 is 0 Å². The highest BCUT2D eigenvalue weighted by molar-refractivity contribution is 14.0. The summed E-state index contributed by atoms with van der Waals surface area (Å²) in [4.78, 5) is 15.0. The maximum absolute atomic E-state index is 10.8. The zero-order valence-electron chi connectivity index (χ0n) is 15.0. The van der Waals surface area contributed by atoms with Gasteiger partial charge in [0.25, 0.3) is 5.91 Å². The second-order valence-electron chi connectivity index (χ2n) is 5.67. The highest BCUT2D eigenvalue weighted by atomic mass is 127. The number of aliphatic imine (C=N–C) groups is 1. The van der Waals surface area contributed by atoms with Crippen LogP contribution in [0.4, 0.5) is 0 Å². The highest BCUT2D eigenvalue weighted by Crippen LogP contribution is 2.13. The van der Waals surface area contributed by atoms with Crippen LogP contribution in [0.2, 0.25) is 0 Å². The number of nitrogens with two attached hydrogens (primary N) is 1. The van der Waals surface area contributed by atoms with Crippen LogP contribution in [0.3, 0.4) is 0 Å². The number of nitrogens with one attached hydrogen (secondary N) is 2. The average molecular weight is 468 g/mol. The van der Waals surface area contributed by atoms with Crippen LogP contribution >= 0.6 is 24.0 Å². The van der Waals surface area contributed by atoms with Crippen LogP contribution in [0.15, 0.2) is 53.5 Å². The van der Waals surface area contributed by atoms with Gasteiger partial charge in [-0.05, 0) is 30.2 Å². The van der Waals surface area contributed by atoms with Crippen molar-refractivity contribution >= 4 is 35.8 Å². The molecule has 0 aliphatic carbocycles. The van der Waals surface area contributed by atoms with Crippen molar-refractivity contribution in [2.75, 3.05) is 13.7 Å². The molecule has 1 amide bonds. The number of primary amides is 1. The molecule has 2 rings (SSSR count). The molecule has 0 unspecified atom stereocenters. The van der Waals surface area contributed by atoms with Crippen molar-refractivity contribution in [1.29, 1.82) is 0 Å². The summed E-state index contributed by atoms with van der Waals surface area (Å²) >= 11 is 0. The third-order valence-corrected chi connectivity index (χ3v) is 3.51. The van der Waals surface area contributed by atoms with E-state index in [4.69, 9.17) is 10.5 Å². The Morgan fingerprint density at radius 1 is 1.08 bits per heavy atom. The van der Waals surface area contributed by atoms with Crippen LogP contribution in [0, 0.1) is 6.92 Å². The third-order valence-electron chi connectivity index (χ3n) is 3.51. The van der Waals surface area contributed by atoms with E-state index in [9.17, 15) is 4.79 Å².